The van der Waals surface area contributed by atoms with Gasteiger partial charge in [-0.25, -0.2) is 9.37 Å². The molecule has 0 saturated carbocycles. The van der Waals surface area contributed by atoms with E-state index in [0.29, 0.717) is 38.7 Å². The molecule has 3 aromatic rings. The molecule has 1 atom stereocenters. The van der Waals surface area contributed by atoms with Gasteiger partial charge in [-0.2, -0.15) is 5.26 Å². The zero-order valence-corrected chi connectivity index (χ0v) is 26.2. The van der Waals surface area contributed by atoms with E-state index in [2.05, 4.69) is 51.6 Å². The number of aromatic nitrogens is 1. The van der Waals surface area contributed by atoms with E-state index >= 15 is 0 Å². The summed E-state index contributed by atoms with van der Waals surface area (Å²) in [6.07, 6.45) is 5.56. The number of nitrogens with zero attached hydrogens (tertiary/aromatic N) is 6. The Balaban J connectivity index is 1.23. The van der Waals surface area contributed by atoms with Crippen molar-refractivity contribution in [2.45, 2.75) is 56.7 Å². The highest BCUT2D eigenvalue weighted by molar-refractivity contribution is 6.36. The van der Waals surface area contributed by atoms with E-state index in [1.807, 2.05) is 18.2 Å². The smallest absolute Gasteiger partial charge is 0.282 e. The van der Waals surface area contributed by atoms with E-state index in [1.54, 1.807) is 0 Å². The van der Waals surface area contributed by atoms with Crippen LogP contribution in [0.3, 0.4) is 0 Å². The number of hydrogen-bond donors (Lipinski definition) is 0. The van der Waals surface area contributed by atoms with Crippen LogP contribution < -0.4 is 14.5 Å². The van der Waals surface area contributed by atoms with Gasteiger partial charge in [0.2, 0.25) is 5.88 Å². The number of rotatable bonds is 7. The number of amides is 1. The molecule has 4 aliphatic rings. The van der Waals surface area contributed by atoms with E-state index in [-0.39, 0.29) is 12.0 Å². The highest BCUT2D eigenvalue weighted by Crippen LogP contribution is 2.41. The lowest BCUT2D eigenvalue weighted by Crippen LogP contribution is -2.55. The molecule has 0 unspecified atom stereocenters. The predicted octanol–water partition coefficient (Wildman–Crippen LogP) is 5.87. The number of piperazine rings is 1. The van der Waals surface area contributed by atoms with Gasteiger partial charge in [0.15, 0.2) is 5.83 Å². The van der Waals surface area contributed by atoms with Crippen molar-refractivity contribution in [2.75, 3.05) is 55.7 Å². The van der Waals surface area contributed by atoms with Crippen LogP contribution in [0.25, 0.3) is 10.8 Å². The maximum absolute atomic E-state index is 13.9. The van der Waals surface area contributed by atoms with Gasteiger partial charge in [0, 0.05) is 54.6 Å². The van der Waals surface area contributed by atoms with Gasteiger partial charge in [-0.05, 0) is 62.7 Å². The van der Waals surface area contributed by atoms with Crippen LogP contribution in [0.5, 0.6) is 5.88 Å². The molecule has 0 radical (unpaired) electrons. The molecule has 7 rings (SSSR count). The first-order valence-corrected chi connectivity index (χ1v) is 16.3. The second kappa shape index (κ2) is 12.1. The highest BCUT2D eigenvalue weighted by Gasteiger charge is 2.45. The van der Waals surface area contributed by atoms with E-state index in [9.17, 15) is 14.4 Å². The minimum atomic E-state index is -0.996. The fourth-order valence-electron chi connectivity index (χ4n) is 8.04. The summed E-state index contributed by atoms with van der Waals surface area (Å²) in [5.74, 6) is -1.14. The number of carbonyl (C=O) groups excluding carboxylic acids is 1. The zero-order valence-electron chi connectivity index (χ0n) is 25.5. The lowest BCUT2D eigenvalue weighted by Gasteiger charge is -2.43. The summed E-state index contributed by atoms with van der Waals surface area (Å²) in [6.45, 7) is 8.69. The molecular formula is C35H38ClFN6O2. The number of ether oxygens (including phenoxy) is 1. The lowest BCUT2D eigenvalue weighted by atomic mass is 9.95. The average Bonchev–Trinajstić information content (AvgIpc) is 3.63. The fraction of sp³-hybridized carbons (Fsp3) is 0.457. The molecule has 0 N–H and O–H groups in total. The summed E-state index contributed by atoms with van der Waals surface area (Å²) < 4.78 is 20.5. The molecule has 3 fully saturated rings. The Labute approximate surface area is 268 Å². The molecule has 3 saturated heterocycles. The first-order chi connectivity index (χ1) is 21.9. The second-order valence-corrected chi connectivity index (χ2v) is 13.2. The first-order valence-electron chi connectivity index (χ1n) is 16.0. The van der Waals surface area contributed by atoms with E-state index < -0.39 is 17.8 Å². The summed E-state index contributed by atoms with van der Waals surface area (Å²) >= 11 is 6.72. The Morgan fingerprint density at radius 2 is 1.87 bits per heavy atom. The maximum Gasteiger partial charge on any atom is 0.282 e. The third-order valence-electron chi connectivity index (χ3n) is 10.3. The van der Waals surface area contributed by atoms with Crippen molar-refractivity contribution >= 4 is 39.7 Å². The second-order valence-electron chi connectivity index (χ2n) is 12.8. The third-order valence-corrected chi connectivity index (χ3v) is 10.6. The SMILES string of the molecule is C=C(F)C(=O)N1CCN(c2cc(OCC34CCCN3CCC4)nc3c2CCN(c2cccc4cccc(Cl)c24)C3)C[C@@H]1CC#N. The van der Waals surface area contributed by atoms with Gasteiger partial charge < -0.3 is 19.4 Å². The molecule has 0 aliphatic carbocycles. The summed E-state index contributed by atoms with van der Waals surface area (Å²) in [4.78, 5) is 26.3. The van der Waals surface area contributed by atoms with Crippen molar-refractivity contribution < 1.29 is 13.9 Å². The molecule has 1 amide bonds. The molecule has 2 aromatic carbocycles. The van der Waals surface area contributed by atoms with Gasteiger partial charge >= 0.3 is 0 Å². The Bertz CT molecular complexity index is 1680. The Morgan fingerprint density at radius 1 is 1.09 bits per heavy atom. The quantitative estimate of drug-likeness (QED) is 0.303. The highest BCUT2D eigenvalue weighted by atomic mass is 35.5. The van der Waals surface area contributed by atoms with Crippen LogP contribution >= 0.6 is 11.6 Å². The van der Waals surface area contributed by atoms with Crippen molar-refractivity contribution in [2.24, 2.45) is 0 Å². The lowest BCUT2D eigenvalue weighted by molar-refractivity contribution is -0.131. The third kappa shape index (κ3) is 5.49. The van der Waals surface area contributed by atoms with Crippen LogP contribution in [-0.2, 0) is 17.8 Å². The van der Waals surface area contributed by atoms with Gasteiger partial charge in [0.1, 0.15) is 6.61 Å². The summed E-state index contributed by atoms with van der Waals surface area (Å²) in [6, 6.07) is 16.1. The minimum Gasteiger partial charge on any atom is -0.476 e. The molecular weight excluding hydrogens is 591 g/mol. The van der Waals surface area contributed by atoms with Crippen LogP contribution in [0, 0.1) is 11.3 Å². The number of pyridine rings is 1. The summed E-state index contributed by atoms with van der Waals surface area (Å²) in [5.41, 5.74) is 4.29. The number of halogens is 2. The maximum atomic E-state index is 13.9. The molecule has 10 heteroatoms. The van der Waals surface area contributed by atoms with Crippen LogP contribution in [0.4, 0.5) is 15.8 Å². The van der Waals surface area contributed by atoms with Gasteiger partial charge in [0.25, 0.3) is 5.91 Å². The number of benzene rings is 2. The molecule has 0 spiro atoms. The largest absolute Gasteiger partial charge is 0.476 e. The normalized spacial score (nSPS) is 21.0. The predicted molar refractivity (Wildman–Crippen MR) is 174 cm³/mol. The van der Waals surface area contributed by atoms with Crippen LogP contribution in [0.2, 0.25) is 5.02 Å². The number of hydrogen-bond acceptors (Lipinski definition) is 7. The zero-order chi connectivity index (χ0) is 31.1. The van der Waals surface area contributed by atoms with Crippen molar-refractivity contribution in [3.05, 3.63) is 71.2 Å². The van der Waals surface area contributed by atoms with Crippen molar-refractivity contribution in [1.82, 2.24) is 14.8 Å². The van der Waals surface area contributed by atoms with Gasteiger partial charge in [0.05, 0.1) is 41.3 Å². The summed E-state index contributed by atoms with van der Waals surface area (Å²) in [5, 5.41) is 12.4. The van der Waals surface area contributed by atoms with Crippen LogP contribution in [-0.4, -0.2) is 78.1 Å². The van der Waals surface area contributed by atoms with Gasteiger partial charge in [-0.1, -0.05) is 42.4 Å². The Kier molecular flexibility index (Phi) is 8.05. The average molecular weight is 629 g/mol. The van der Waals surface area contributed by atoms with Crippen LogP contribution in [0.1, 0.15) is 43.4 Å². The van der Waals surface area contributed by atoms with Crippen molar-refractivity contribution in [3.63, 3.8) is 0 Å². The molecule has 234 valence electrons. The number of nitriles is 1. The molecule has 0 bridgehead atoms. The van der Waals surface area contributed by atoms with Crippen LogP contribution in [0.15, 0.2) is 54.9 Å². The molecule has 5 heterocycles. The van der Waals surface area contributed by atoms with Crippen molar-refractivity contribution in [3.8, 4) is 11.9 Å². The summed E-state index contributed by atoms with van der Waals surface area (Å²) in [7, 11) is 0. The topological polar surface area (TPSA) is 75.9 Å². The molecule has 45 heavy (non-hydrogen) atoms. The molecule has 1 aromatic heterocycles. The number of carbonyl (C=O) groups is 1. The van der Waals surface area contributed by atoms with Gasteiger partial charge in [-0.3, -0.25) is 9.69 Å². The van der Waals surface area contributed by atoms with E-state index in [4.69, 9.17) is 21.3 Å². The first kappa shape index (κ1) is 29.8. The van der Waals surface area contributed by atoms with Crippen molar-refractivity contribution in [1.29, 1.82) is 5.26 Å². The fourth-order valence-corrected chi connectivity index (χ4v) is 8.32. The molecule has 4 aliphatic heterocycles. The molecule has 8 nitrogen and oxygen atoms in total. The Hall–Kier alpha value is -3.87. The minimum absolute atomic E-state index is 0.0854. The Morgan fingerprint density at radius 3 is 2.62 bits per heavy atom. The number of fused-ring (bicyclic) bond motifs is 3. The standard InChI is InChI=1S/C35H38ClFN6O2/c1-24(37)34(44)43-19-18-41(21-26(43)10-14-38)31-20-32(45-23-35-12-4-15-42(35)16-5-13-35)39-29-22-40(17-11-27(29)31)30-9-3-7-25-6-2-8-28(36)33(25)30/h2-3,6-9,20,26H,1,4-5,10-13,15-19,21-23H2/t26-/m0/s1. The van der Waals surface area contributed by atoms with E-state index in [1.165, 1.54) is 17.7 Å². The monoisotopic (exact) mass is 628 g/mol. The van der Waals surface area contributed by atoms with E-state index in [0.717, 1.165) is 77.3 Å². The number of anilines is 2. The van der Waals surface area contributed by atoms with Gasteiger partial charge in [-0.15, -0.1) is 0 Å².